The summed E-state index contributed by atoms with van der Waals surface area (Å²) in [5.74, 6) is 0.594. The molecule has 0 radical (unpaired) electrons. The number of fused-ring (bicyclic) bond motifs is 8. The highest BCUT2D eigenvalue weighted by Gasteiger charge is 2.22. The number of furan rings is 1. The van der Waals surface area contributed by atoms with Crippen LogP contribution in [0.4, 0.5) is 17.1 Å². The standard InChI is InChI=1S/C49H31N3O2/c1-4-14-32(15-5-1)37-20-10-12-22-42(37)51(35-25-28-44-40(30-35)38-21-11-13-23-43(38)52(44)34-18-8-3-9-19-34)36-24-26-39-46(31-36)53-45-29-27-41-48(47(39)45)54-49(50-41)33-16-6-2-7-17-33/h1-31H. The van der Waals surface area contributed by atoms with Gasteiger partial charge in [-0.2, -0.15) is 0 Å². The van der Waals surface area contributed by atoms with Gasteiger partial charge in [-0.3, -0.25) is 0 Å². The summed E-state index contributed by atoms with van der Waals surface area (Å²) in [7, 11) is 0. The first-order chi connectivity index (χ1) is 26.8. The van der Waals surface area contributed by atoms with E-state index in [1.807, 2.05) is 42.5 Å². The molecule has 8 aromatic carbocycles. The Balaban J connectivity index is 1.14. The van der Waals surface area contributed by atoms with Crippen LogP contribution in [-0.2, 0) is 0 Å². The molecule has 0 N–H and O–H groups in total. The highest BCUT2D eigenvalue weighted by molar-refractivity contribution is 6.17. The van der Waals surface area contributed by atoms with Gasteiger partial charge in [-0.05, 0) is 84.4 Å². The molecule has 11 rings (SSSR count). The first kappa shape index (κ1) is 30.3. The van der Waals surface area contributed by atoms with Crippen molar-refractivity contribution in [1.29, 1.82) is 0 Å². The summed E-state index contributed by atoms with van der Waals surface area (Å²) in [6.45, 7) is 0. The van der Waals surface area contributed by atoms with Crippen LogP contribution in [0.15, 0.2) is 197 Å². The zero-order valence-electron chi connectivity index (χ0n) is 29.1. The summed E-state index contributed by atoms with van der Waals surface area (Å²) < 4.78 is 15.4. The molecule has 11 aromatic rings. The van der Waals surface area contributed by atoms with Gasteiger partial charge in [0, 0.05) is 50.4 Å². The van der Waals surface area contributed by atoms with Gasteiger partial charge in [-0.15, -0.1) is 0 Å². The molecule has 5 heteroatoms. The first-order valence-electron chi connectivity index (χ1n) is 18.1. The lowest BCUT2D eigenvalue weighted by atomic mass is 10.0. The van der Waals surface area contributed by atoms with Crippen LogP contribution in [0.25, 0.3) is 83.1 Å². The zero-order valence-corrected chi connectivity index (χ0v) is 29.1. The molecule has 254 valence electrons. The fourth-order valence-corrected chi connectivity index (χ4v) is 7.99. The average Bonchev–Trinajstić information content (AvgIpc) is 3.94. The Labute approximate surface area is 310 Å². The molecule has 0 bridgehead atoms. The maximum Gasteiger partial charge on any atom is 0.227 e. The molecule has 0 saturated carbocycles. The predicted octanol–water partition coefficient (Wildman–Crippen LogP) is 13.6. The smallest absolute Gasteiger partial charge is 0.227 e. The van der Waals surface area contributed by atoms with Gasteiger partial charge >= 0.3 is 0 Å². The van der Waals surface area contributed by atoms with Crippen molar-refractivity contribution in [1.82, 2.24) is 9.55 Å². The van der Waals surface area contributed by atoms with E-state index in [9.17, 15) is 0 Å². The minimum Gasteiger partial charge on any atom is -0.456 e. The van der Waals surface area contributed by atoms with Gasteiger partial charge in [0.25, 0.3) is 0 Å². The Morgan fingerprint density at radius 1 is 0.463 bits per heavy atom. The number of aromatic nitrogens is 2. The number of hydrogen-bond donors (Lipinski definition) is 0. The summed E-state index contributed by atoms with van der Waals surface area (Å²) in [6, 6.07) is 65.7. The second-order valence-electron chi connectivity index (χ2n) is 13.6. The topological polar surface area (TPSA) is 47.3 Å². The zero-order chi connectivity index (χ0) is 35.6. The highest BCUT2D eigenvalue weighted by atomic mass is 16.4. The molecule has 0 saturated heterocycles. The minimum atomic E-state index is 0.594. The molecule has 0 spiro atoms. The van der Waals surface area contributed by atoms with Crippen molar-refractivity contribution in [2.24, 2.45) is 0 Å². The molecule has 0 fully saturated rings. The minimum absolute atomic E-state index is 0.594. The monoisotopic (exact) mass is 693 g/mol. The number of oxazole rings is 1. The van der Waals surface area contributed by atoms with Crippen molar-refractivity contribution in [3.05, 3.63) is 188 Å². The predicted molar refractivity (Wildman–Crippen MR) is 221 cm³/mol. The third kappa shape index (κ3) is 4.76. The number of hydrogen-bond acceptors (Lipinski definition) is 4. The van der Waals surface area contributed by atoms with Gasteiger partial charge < -0.3 is 18.3 Å². The lowest BCUT2D eigenvalue weighted by Crippen LogP contribution is -2.11. The van der Waals surface area contributed by atoms with Crippen LogP contribution < -0.4 is 4.90 Å². The van der Waals surface area contributed by atoms with E-state index in [1.54, 1.807) is 0 Å². The molecule has 54 heavy (non-hydrogen) atoms. The van der Waals surface area contributed by atoms with E-state index in [2.05, 4.69) is 155 Å². The van der Waals surface area contributed by atoms with Crippen molar-refractivity contribution in [2.75, 3.05) is 4.90 Å². The van der Waals surface area contributed by atoms with E-state index >= 15 is 0 Å². The Hall–Kier alpha value is -7.37. The molecule has 5 nitrogen and oxygen atoms in total. The normalized spacial score (nSPS) is 11.7. The molecular weight excluding hydrogens is 663 g/mol. The SMILES string of the molecule is c1ccc(-c2nc3ccc4oc5cc(N(c6ccc7c(c6)c6ccccc6n7-c6ccccc6)c6ccccc6-c6ccccc6)ccc5c4c3o2)cc1. The molecule has 0 aliphatic heterocycles. The van der Waals surface area contributed by atoms with Gasteiger partial charge in [0.1, 0.15) is 16.7 Å². The van der Waals surface area contributed by atoms with Gasteiger partial charge in [-0.1, -0.05) is 103 Å². The van der Waals surface area contributed by atoms with Crippen LogP contribution in [-0.4, -0.2) is 9.55 Å². The third-order valence-electron chi connectivity index (χ3n) is 10.4. The van der Waals surface area contributed by atoms with E-state index in [0.29, 0.717) is 5.89 Å². The molecule has 0 aliphatic carbocycles. The van der Waals surface area contributed by atoms with E-state index in [4.69, 9.17) is 13.8 Å². The van der Waals surface area contributed by atoms with Gasteiger partial charge in [-0.25, -0.2) is 4.98 Å². The van der Waals surface area contributed by atoms with Crippen LogP contribution in [0.3, 0.4) is 0 Å². The highest BCUT2D eigenvalue weighted by Crippen LogP contribution is 2.45. The average molecular weight is 694 g/mol. The third-order valence-corrected chi connectivity index (χ3v) is 10.4. The molecule has 0 amide bonds. The van der Waals surface area contributed by atoms with E-state index < -0.39 is 0 Å². The maximum absolute atomic E-state index is 6.62. The van der Waals surface area contributed by atoms with Crippen molar-refractivity contribution in [2.45, 2.75) is 0 Å². The molecular formula is C49H31N3O2. The molecule has 3 heterocycles. The van der Waals surface area contributed by atoms with Gasteiger partial charge in [0.2, 0.25) is 5.89 Å². The van der Waals surface area contributed by atoms with Gasteiger partial charge in [0.15, 0.2) is 5.58 Å². The fraction of sp³-hybridized carbons (Fsp3) is 0. The number of rotatable bonds is 6. The van der Waals surface area contributed by atoms with E-state index in [1.165, 1.54) is 16.3 Å². The van der Waals surface area contributed by atoms with Crippen molar-refractivity contribution in [3.8, 4) is 28.3 Å². The van der Waals surface area contributed by atoms with Crippen LogP contribution in [0.1, 0.15) is 0 Å². The Bertz CT molecular complexity index is 3160. The maximum atomic E-state index is 6.62. The van der Waals surface area contributed by atoms with Crippen LogP contribution in [0.2, 0.25) is 0 Å². The van der Waals surface area contributed by atoms with Crippen LogP contribution >= 0.6 is 0 Å². The van der Waals surface area contributed by atoms with Crippen molar-refractivity contribution < 1.29 is 8.83 Å². The number of para-hydroxylation sites is 3. The summed E-state index contributed by atoms with van der Waals surface area (Å²) >= 11 is 0. The lowest BCUT2D eigenvalue weighted by molar-refractivity contribution is 0.622. The summed E-state index contributed by atoms with van der Waals surface area (Å²) in [5.41, 5.74) is 12.8. The summed E-state index contributed by atoms with van der Waals surface area (Å²) in [4.78, 5) is 7.18. The van der Waals surface area contributed by atoms with Crippen molar-refractivity contribution in [3.63, 3.8) is 0 Å². The van der Waals surface area contributed by atoms with E-state index in [0.717, 1.165) is 78.0 Å². The second kappa shape index (κ2) is 12.1. The first-order valence-corrected chi connectivity index (χ1v) is 18.1. The molecule has 3 aromatic heterocycles. The van der Waals surface area contributed by atoms with Crippen LogP contribution in [0, 0.1) is 0 Å². The molecule has 0 atom stereocenters. The largest absolute Gasteiger partial charge is 0.456 e. The second-order valence-corrected chi connectivity index (χ2v) is 13.6. The Morgan fingerprint density at radius 2 is 1.13 bits per heavy atom. The molecule has 0 unspecified atom stereocenters. The Kier molecular flexibility index (Phi) is 6.79. The van der Waals surface area contributed by atoms with Gasteiger partial charge in [0.05, 0.1) is 22.1 Å². The molecule has 0 aliphatic rings. The quantitative estimate of drug-likeness (QED) is 0.174. The number of benzene rings is 8. The van der Waals surface area contributed by atoms with Crippen molar-refractivity contribution >= 4 is 71.9 Å². The number of anilines is 3. The Morgan fingerprint density at radius 3 is 1.96 bits per heavy atom. The number of nitrogens with zero attached hydrogens (tertiary/aromatic N) is 3. The van der Waals surface area contributed by atoms with E-state index in [-0.39, 0.29) is 0 Å². The summed E-state index contributed by atoms with van der Waals surface area (Å²) in [5, 5.41) is 4.29. The summed E-state index contributed by atoms with van der Waals surface area (Å²) in [6.07, 6.45) is 0. The lowest BCUT2D eigenvalue weighted by Gasteiger charge is -2.28. The van der Waals surface area contributed by atoms with Crippen LogP contribution in [0.5, 0.6) is 0 Å². The fourth-order valence-electron chi connectivity index (χ4n) is 7.99.